The molecule has 0 unspecified atom stereocenters. The van der Waals surface area contributed by atoms with Crippen LogP contribution in [0.5, 0.6) is 0 Å². The fourth-order valence-electron chi connectivity index (χ4n) is 1.20. The fourth-order valence-corrected chi connectivity index (χ4v) is 1.20. The Balaban J connectivity index is 0. The summed E-state index contributed by atoms with van der Waals surface area (Å²) in [5.41, 5.74) is 0. The summed E-state index contributed by atoms with van der Waals surface area (Å²) in [7, 11) is 3.53. The van der Waals surface area contributed by atoms with Gasteiger partial charge in [-0.1, -0.05) is 13.3 Å². The molecule has 0 heterocycles. The van der Waals surface area contributed by atoms with Gasteiger partial charge in [0.15, 0.2) is 5.96 Å². The number of carbonyl (C=O) groups excluding carboxylic acids is 1. The van der Waals surface area contributed by atoms with Gasteiger partial charge in [0.1, 0.15) is 0 Å². The molecule has 0 radical (unpaired) electrons. The van der Waals surface area contributed by atoms with Crippen LogP contribution in [0, 0.1) is 0 Å². The molecule has 6 heteroatoms. The van der Waals surface area contributed by atoms with Crippen molar-refractivity contribution in [2.24, 2.45) is 4.99 Å². The highest BCUT2D eigenvalue weighted by molar-refractivity contribution is 14.0. The summed E-state index contributed by atoms with van der Waals surface area (Å²) < 4.78 is 0. The third-order valence-corrected chi connectivity index (χ3v) is 2.26. The molecule has 18 heavy (non-hydrogen) atoms. The number of hydrogen-bond acceptors (Lipinski definition) is 2. The van der Waals surface area contributed by atoms with Crippen LogP contribution in [0.1, 0.15) is 33.1 Å². The number of rotatable bonds is 7. The van der Waals surface area contributed by atoms with E-state index in [2.05, 4.69) is 22.5 Å². The lowest BCUT2D eigenvalue weighted by atomic mass is 10.3. The Morgan fingerprint density at radius 1 is 1.22 bits per heavy atom. The van der Waals surface area contributed by atoms with E-state index in [9.17, 15) is 4.79 Å². The molecule has 0 spiro atoms. The van der Waals surface area contributed by atoms with Crippen LogP contribution >= 0.6 is 24.0 Å². The summed E-state index contributed by atoms with van der Waals surface area (Å²) >= 11 is 0. The Hall–Kier alpha value is -0.530. The molecule has 0 aromatic carbocycles. The average molecular weight is 370 g/mol. The van der Waals surface area contributed by atoms with Crippen molar-refractivity contribution in [1.82, 2.24) is 15.5 Å². The number of amides is 1. The molecular formula is C12H27IN4O. The smallest absolute Gasteiger partial charge is 0.223 e. The van der Waals surface area contributed by atoms with Crippen molar-refractivity contribution in [2.75, 3.05) is 33.7 Å². The molecule has 0 saturated heterocycles. The first-order chi connectivity index (χ1) is 8.11. The van der Waals surface area contributed by atoms with Gasteiger partial charge in [-0.05, 0) is 13.3 Å². The number of halogens is 1. The molecule has 0 aliphatic rings. The second-order valence-corrected chi connectivity index (χ2v) is 4.08. The van der Waals surface area contributed by atoms with E-state index in [1.54, 1.807) is 19.0 Å². The maximum atomic E-state index is 11.4. The van der Waals surface area contributed by atoms with Gasteiger partial charge >= 0.3 is 0 Å². The molecule has 0 atom stereocenters. The van der Waals surface area contributed by atoms with Gasteiger partial charge in [0.2, 0.25) is 5.91 Å². The lowest BCUT2D eigenvalue weighted by molar-refractivity contribution is -0.128. The Kier molecular flexibility index (Phi) is 14.2. The van der Waals surface area contributed by atoms with Crippen LogP contribution in [0.15, 0.2) is 4.99 Å². The molecule has 0 aliphatic heterocycles. The maximum Gasteiger partial charge on any atom is 0.223 e. The van der Waals surface area contributed by atoms with Gasteiger partial charge in [0.25, 0.3) is 0 Å². The quantitative estimate of drug-likeness (QED) is 0.309. The molecule has 1 amide bonds. The van der Waals surface area contributed by atoms with E-state index >= 15 is 0 Å². The Bertz CT molecular complexity index is 244. The lowest BCUT2D eigenvalue weighted by Crippen LogP contribution is -2.39. The maximum absolute atomic E-state index is 11.4. The Morgan fingerprint density at radius 3 is 2.39 bits per heavy atom. The molecule has 0 aromatic rings. The van der Waals surface area contributed by atoms with Crippen LogP contribution in [0.3, 0.4) is 0 Å². The van der Waals surface area contributed by atoms with Crippen molar-refractivity contribution in [2.45, 2.75) is 33.1 Å². The summed E-state index contributed by atoms with van der Waals surface area (Å²) in [5, 5.41) is 6.32. The van der Waals surface area contributed by atoms with E-state index in [1.807, 2.05) is 6.92 Å². The number of guanidine groups is 1. The number of nitrogens with zero attached hydrogens (tertiary/aromatic N) is 2. The minimum absolute atomic E-state index is 0. The van der Waals surface area contributed by atoms with Crippen LogP contribution in [-0.4, -0.2) is 50.5 Å². The highest BCUT2D eigenvalue weighted by Gasteiger charge is 2.03. The second-order valence-electron chi connectivity index (χ2n) is 4.08. The summed E-state index contributed by atoms with van der Waals surface area (Å²) in [5.74, 6) is 0.925. The van der Waals surface area contributed by atoms with E-state index in [4.69, 9.17) is 0 Å². The van der Waals surface area contributed by atoms with Crippen LogP contribution in [0.4, 0.5) is 0 Å². The Morgan fingerprint density at radius 2 is 1.89 bits per heavy atom. The van der Waals surface area contributed by atoms with E-state index in [1.165, 1.54) is 0 Å². The molecule has 5 nitrogen and oxygen atoms in total. The number of carbonyl (C=O) groups is 1. The number of unbranched alkanes of at least 4 members (excludes halogenated alkanes) is 1. The summed E-state index contributed by atoms with van der Waals surface area (Å²) in [6.07, 6.45) is 2.72. The summed E-state index contributed by atoms with van der Waals surface area (Å²) in [4.78, 5) is 17.4. The molecule has 0 aromatic heterocycles. The van der Waals surface area contributed by atoms with E-state index < -0.39 is 0 Å². The van der Waals surface area contributed by atoms with Crippen molar-refractivity contribution in [1.29, 1.82) is 0 Å². The fraction of sp³-hybridized carbons (Fsp3) is 0.833. The van der Waals surface area contributed by atoms with Gasteiger partial charge in [-0.25, -0.2) is 0 Å². The first-order valence-electron chi connectivity index (χ1n) is 6.34. The molecule has 0 rings (SSSR count). The van der Waals surface area contributed by atoms with Gasteiger partial charge in [-0.3, -0.25) is 9.79 Å². The molecule has 0 saturated carbocycles. The van der Waals surface area contributed by atoms with Crippen LogP contribution < -0.4 is 10.6 Å². The first kappa shape index (κ1) is 19.8. The van der Waals surface area contributed by atoms with Gasteiger partial charge in [0.05, 0.1) is 0 Å². The molecule has 108 valence electrons. The standard InChI is InChI=1S/C12H26N4O.HI/c1-5-7-9-14-12(13-6-2)15-10-8-11(17)16(3)4;/h5-10H2,1-4H3,(H2,13,14,15);1H. The largest absolute Gasteiger partial charge is 0.357 e. The monoisotopic (exact) mass is 370 g/mol. The van der Waals surface area contributed by atoms with Crippen molar-refractivity contribution >= 4 is 35.8 Å². The van der Waals surface area contributed by atoms with Gasteiger partial charge in [0, 0.05) is 40.2 Å². The summed E-state index contributed by atoms with van der Waals surface area (Å²) in [6, 6.07) is 0. The molecule has 0 bridgehead atoms. The molecule has 0 aliphatic carbocycles. The topological polar surface area (TPSA) is 56.7 Å². The Labute approximate surface area is 128 Å². The molecule has 0 fully saturated rings. The predicted octanol–water partition coefficient (Wildman–Crippen LogP) is 1.44. The van der Waals surface area contributed by atoms with Gasteiger partial charge in [-0.15, -0.1) is 24.0 Å². The first-order valence-corrected chi connectivity index (χ1v) is 6.34. The van der Waals surface area contributed by atoms with Gasteiger partial charge in [-0.2, -0.15) is 0 Å². The minimum Gasteiger partial charge on any atom is -0.357 e. The highest BCUT2D eigenvalue weighted by Crippen LogP contribution is 1.88. The third-order valence-electron chi connectivity index (χ3n) is 2.26. The van der Waals surface area contributed by atoms with Crippen LogP contribution in [0.25, 0.3) is 0 Å². The van der Waals surface area contributed by atoms with E-state index in [0.29, 0.717) is 13.0 Å². The highest BCUT2D eigenvalue weighted by atomic mass is 127. The zero-order valence-electron chi connectivity index (χ0n) is 12.0. The zero-order valence-corrected chi connectivity index (χ0v) is 14.3. The van der Waals surface area contributed by atoms with Crippen molar-refractivity contribution in [3.05, 3.63) is 0 Å². The number of hydrogen-bond donors (Lipinski definition) is 2. The normalized spacial score (nSPS) is 10.6. The number of nitrogens with one attached hydrogen (secondary N) is 2. The number of aliphatic imine (C=N–C) groups is 1. The van der Waals surface area contributed by atoms with Crippen LogP contribution in [0.2, 0.25) is 0 Å². The predicted molar refractivity (Wildman–Crippen MR) is 87.6 cm³/mol. The van der Waals surface area contributed by atoms with Crippen molar-refractivity contribution < 1.29 is 4.79 Å². The minimum atomic E-state index is 0. The van der Waals surface area contributed by atoms with Gasteiger partial charge < -0.3 is 15.5 Å². The zero-order chi connectivity index (χ0) is 13.1. The average Bonchev–Trinajstić information content (AvgIpc) is 2.29. The van der Waals surface area contributed by atoms with E-state index in [0.717, 1.165) is 31.9 Å². The van der Waals surface area contributed by atoms with Crippen molar-refractivity contribution in [3.63, 3.8) is 0 Å². The lowest BCUT2D eigenvalue weighted by Gasteiger charge is -2.13. The molecular weight excluding hydrogens is 343 g/mol. The SMILES string of the molecule is CCCCN=C(NCC)NCCC(=O)N(C)C.I. The van der Waals surface area contributed by atoms with E-state index in [-0.39, 0.29) is 29.9 Å². The third kappa shape index (κ3) is 10.6. The van der Waals surface area contributed by atoms with Crippen LogP contribution in [-0.2, 0) is 4.79 Å². The van der Waals surface area contributed by atoms with Crippen molar-refractivity contribution in [3.8, 4) is 0 Å². The second kappa shape index (κ2) is 12.9. The summed E-state index contributed by atoms with van der Waals surface area (Å²) in [6.45, 7) is 6.45. The molecule has 2 N–H and O–H groups in total.